The van der Waals surface area contributed by atoms with Crippen LogP contribution in [0.4, 0.5) is 11.5 Å². The molecule has 0 aliphatic carbocycles. The van der Waals surface area contributed by atoms with E-state index in [9.17, 15) is 0 Å². The molecular weight excluding hydrogens is 178 g/mol. The summed E-state index contributed by atoms with van der Waals surface area (Å²) in [4.78, 5) is 2.30. The SMILES string of the molecule is C[C@@H]1CNCCN1c1c(N)cnn1C. The molecule has 1 aliphatic heterocycles. The molecule has 1 atom stereocenters. The van der Waals surface area contributed by atoms with Crippen molar-refractivity contribution in [2.24, 2.45) is 7.05 Å². The zero-order valence-electron chi connectivity index (χ0n) is 8.70. The molecule has 5 heteroatoms. The van der Waals surface area contributed by atoms with Gasteiger partial charge in [0.05, 0.1) is 11.9 Å². The number of aryl methyl sites for hydroxylation is 1. The van der Waals surface area contributed by atoms with Crippen molar-refractivity contribution in [3.05, 3.63) is 6.20 Å². The molecule has 2 heterocycles. The molecule has 1 saturated heterocycles. The van der Waals surface area contributed by atoms with Gasteiger partial charge < -0.3 is 16.0 Å². The summed E-state index contributed by atoms with van der Waals surface area (Å²) in [5, 5.41) is 7.51. The van der Waals surface area contributed by atoms with E-state index < -0.39 is 0 Å². The zero-order chi connectivity index (χ0) is 10.1. The fourth-order valence-electron chi connectivity index (χ4n) is 1.96. The Balaban J connectivity index is 2.28. The third kappa shape index (κ3) is 1.43. The Morgan fingerprint density at radius 1 is 1.64 bits per heavy atom. The molecule has 1 aromatic heterocycles. The first-order valence-electron chi connectivity index (χ1n) is 4.95. The lowest BCUT2D eigenvalue weighted by molar-refractivity contribution is 0.490. The van der Waals surface area contributed by atoms with Crippen LogP contribution in [0.2, 0.25) is 0 Å². The highest BCUT2D eigenvalue weighted by atomic mass is 15.4. The maximum atomic E-state index is 5.89. The molecule has 0 bridgehead atoms. The topological polar surface area (TPSA) is 59.1 Å². The molecule has 1 aromatic rings. The Morgan fingerprint density at radius 2 is 2.43 bits per heavy atom. The van der Waals surface area contributed by atoms with Gasteiger partial charge in [-0.25, -0.2) is 0 Å². The number of piperazine rings is 1. The van der Waals surface area contributed by atoms with E-state index in [1.54, 1.807) is 6.20 Å². The number of nitrogen functional groups attached to an aromatic ring is 1. The van der Waals surface area contributed by atoms with Gasteiger partial charge in [0.15, 0.2) is 0 Å². The van der Waals surface area contributed by atoms with Crippen LogP contribution in [0.25, 0.3) is 0 Å². The number of nitrogens with one attached hydrogen (secondary N) is 1. The van der Waals surface area contributed by atoms with E-state index in [0.29, 0.717) is 6.04 Å². The van der Waals surface area contributed by atoms with Crippen molar-refractivity contribution < 1.29 is 0 Å². The summed E-state index contributed by atoms with van der Waals surface area (Å²) in [6.07, 6.45) is 1.71. The lowest BCUT2D eigenvalue weighted by Gasteiger charge is -2.35. The molecule has 78 valence electrons. The van der Waals surface area contributed by atoms with Gasteiger partial charge in [0.25, 0.3) is 0 Å². The normalized spacial score (nSPS) is 22.7. The van der Waals surface area contributed by atoms with Crippen LogP contribution in [-0.4, -0.2) is 35.5 Å². The molecule has 3 N–H and O–H groups in total. The summed E-state index contributed by atoms with van der Waals surface area (Å²) >= 11 is 0. The van der Waals surface area contributed by atoms with Crippen LogP contribution in [0.3, 0.4) is 0 Å². The van der Waals surface area contributed by atoms with E-state index in [0.717, 1.165) is 31.1 Å². The number of nitrogens with zero attached hydrogens (tertiary/aromatic N) is 3. The maximum Gasteiger partial charge on any atom is 0.150 e. The number of rotatable bonds is 1. The minimum Gasteiger partial charge on any atom is -0.394 e. The second kappa shape index (κ2) is 3.49. The monoisotopic (exact) mass is 195 g/mol. The number of hydrogen-bond acceptors (Lipinski definition) is 4. The van der Waals surface area contributed by atoms with Crippen molar-refractivity contribution in [2.45, 2.75) is 13.0 Å². The summed E-state index contributed by atoms with van der Waals surface area (Å²) in [7, 11) is 1.93. The third-order valence-electron chi connectivity index (χ3n) is 2.71. The molecule has 0 radical (unpaired) electrons. The summed E-state index contributed by atoms with van der Waals surface area (Å²) in [5.41, 5.74) is 6.65. The van der Waals surface area contributed by atoms with Gasteiger partial charge >= 0.3 is 0 Å². The Labute approximate surface area is 83.9 Å². The van der Waals surface area contributed by atoms with Crippen LogP contribution >= 0.6 is 0 Å². The van der Waals surface area contributed by atoms with Crippen molar-refractivity contribution in [2.75, 3.05) is 30.3 Å². The molecule has 14 heavy (non-hydrogen) atoms. The first kappa shape index (κ1) is 9.33. The molecule has 0 aromatic carbocycles. The Bertz CT molecular complexity index is 300. The minimum atomic E-state index is 0.474. The predicted molar refractivity (Wildman–Crippen MR) is 57.3 cm³/mol. The molecule has 5 nitrogen and oxygen atoms in total. The van der Waals surface area contributed by atoms with E-state index in [1.807, 2.05) is 11.7 Å². The van der Waals surface area contributed by atoms with E-state index >= 15 is 0 Å². The highest BCUT2D eigenvalue weighted by molar-refractivity contribution is 5.63. The van der Waals surface area contributed by atoms with Crippen LogP contribution in [-0.2, 0) is 7.05 Å². The minimum absolute atomic E-state index is 0.474. The highest BCUT2D eigenvalue weighted by Crippen LogP contribution is 2.24. The Morgan fingerprint density at radius 3 is 3.00 bits per heavy atom. The summed E-state index contributed by atoms with van der Waals surface area (Å²) in [6, 6.07) is 0.474. The largest absolute Gasteiger partial charge is 0.394 e. The van der Waals surface area contributed by atoms with Gasteiger partial charge in [-0.1, -0.05) is 0 Å². The first-order valence-corrected chi connectivity index (χ1v) is 4.95. The van der Waals surface area contributed by atoms with Crippen LogP contribution in [0, 0.1) is 0 Å². The van der Waals surface area contributed by atoms with Crippen LogP contribution in [0.5, 0.6) is 0 Å². The predicted octanol–water partition coefficient (Wildman–Crippen LogP) is -0.200. The van der Waals surface area contributed by atoms with Gasteiger partial charge in [-0.2, -0.15) is 5.10 Å². The van der Waals surface area contributed by atoms with E-state index in [1.165, 1.54) is 0 Å². The standard InChI is InChI=1S/C9H17N5/c1-7-5-11-3-4-14(7)9-8(10)6-12-13(9)2/h6-7,11H,3-5,10H2,1-2H3/t7-/m1/s1. The smallest absolute Gasteiger partial charge is 0.150 e. The van der Waals surface area contributed by atoms with Crippen LogP contribution in [0.1, 0.15) is 6.92 Å². The summed E-state index contributed by atoms with van der Waals surface area (Å²) < 4.78 is 1.84. The van der Waals surface area contributed by atoms with Gasteiger partial charge in [0, 0.05) is 32.7 Å². The molecule has 1 aliphatic rings. The number of nitrogens with two attached hydrogens (primary N) is 1. The fourth-order valence-corrected chi connectivity index (χ4v) is 1.96. The average Bonchev–Trinajstić information content (AvgIpc) is 2.48. The Kier molecular flexibility index (Phi) is 2.33. The van der Waals surface area contributed by atoms with Crippen molar-refractivity contribution in [3.63, 3.8) is 0 Å². The average molecular weight is 195 g/mol. The number of hydrogen-bond donors (Lipinski definition) is 2. The van der Waals surface area contributed by atoms with E-state index in [-0.39, 0.29) is 0 Å². The molecule has 1 fully saturated rings. The van der Waals surface area contributed by atoms with Crippen molar-refractivity contribution in [3.8, 4) is 0 Å². The quantitative estimate of drug-likeness (QED) is 0.651. The fraction of sp³-hybridized carbons (Fsp3) is 0.667. The number of aromatic nitrogens is 2. The van der Waals surface area contributed by atoms with Gasteiger partial charge in [-0.15, -0.1) is 0 Å². The van der Waals surface area contributed by atoms with E-state index in [4.69, 9.17) is 5.73 Å². The molecule has 0 saturated carbocycles. The number of anilines is 2. The van der Waals surface area contributed by atoms with Crippen LogP contribution < -0.4 is 16.0 Å². The zero-order valence-corrected chi connectivity index (χ0v) is 8.70. The summed E-state index contributed by atoms with van der Waals surface area (Å²) in [5.74, 6) is 1.04. The lowest BCUT2D eigenvalue weighted by Crippen LogP contribution is -2.50. The van der Waals surface area contributed by atoms with Gasteiger partial charge in [0.1, 0.15) is 5.82 Å². The van der Waals surface area contributed by atoms with Crippen molar-refractivity contribution in [1.29, 1.82) is 0 Å². The second-order valence-corrected chi connectivity index (χ2v) is 3.79. The van der Waals surface area contributed by atoms with Gasteiger partial charge in [-0.3, -0.25) is 4.68 Å². The van der Waals surface area contributed by atoms with Crippen LogP contribution in [0.15, 0.2) is 6.20 Å². The molecule has 2 rings (SSSR count). The van der Waals surface area contributed by atoms with Crippen molar-refractivity contribution >= 4 is 11.5 Å². The third-order valence-corrected chi connectivity index (χ3v) is 2.71. The second-order valence-electron chi connectivity index (χ2n) is 3.79. The maximum absolute atomic E-state index is 5.89. The molecule has 0 unspecified atom stereocenters. The molecular formula is C9H17N5. The highest BCUT2D eigenvalue weighted by Gasteiger charge is 2.22. The lowest BCUT2D eigenvalue weighted by atomic mass is 10.2. The van der Waals surface area contributed by atoms with E-state index in [2.05, 4.69) is 22.2 Å². The van der Waals surface area contributed by atoms with Crippen molar-refractivity contribution in [1.82, 2.24) is 15.1 Å². The summed E-state index contributed by atoms with van der Waals surface area (Å²) in [6.45, 7) is 5.20. The van der Waals surface area contributed by atoms with Gasteiger partial charge in [0.2, 0.25) is 0 Å². The Hall–Kier alpha value is -1.23. The molecule has 0 amide bonds. The van der Waals surface area contributed by atoms with Gasteiger partial charge in [-0.05, 0) is 6.92 Å². The first-order chi connectivity index (χ1) is 6.70. The molecule has 0 spiro atoms.